The fraction of sp³-hybridized carbons (Fsp3) is 0.250. The summed E-state index contributed by atoms with van der Waals surface area (Å²) in [6.45, 7) is 1.76. The highest BCUT2D eigenvalue weighted by Gasteiger charge is 2.14. The Hall–Kier alpha value is -2.56. The van der Waals surface area contributed by atoms with E-state index >= 15 is 0 Å². The van der Waals surface area contributed by atoms with Crippen LogP contribution in [0, 0.1) is 6.92 Å². The van der Waals surface area contributed by atoms with Crippen LogP contribution in [-0.2, 0) is 7.05 Å². The smallest absolute Gasteiger partial charge is 0.253 e. The first-order chi connectivity index (χ1) is 10.0. The summed E-state index contributed by atoms with van der Waals surface area (Å²) in [5, 5.41) is 0. The predicted octanol–water partition coefficient (Wildman–Crippen LogP) is 2.19. The van der Waals surface area contributed by atoms with E-state index in [0.717, 1.165) is 17.4 Å². The minimum Gasteiger partial charge on any atom is -0.496 e. The Kier molecular flexibility index (Phi) is 4.12. The molecule has 0 unspecified atom stereocenters. The molecule has 2 rings (SSSR count). The summed E-state index contributed by atoms with van der Waals surface area (Å²) in [7, 11) is 4.74. The Balaban J connectivity index is 2.73. The van der Waals surface area contributed by atoms with Crippen LogP contribution in [0.2, 0.25) is 0 Å². The van der Waals surface area contributed by atoms with Crippen LogP contribution in [-0.4, -0.2) is 25.1 Å². The van der Waals surface area contributed by atoms with Gasteiger partial charge in [0.2, 0.25) is 0 Å². The van der Waals surface area contributed by atoms with Crippen LogP contribution < -0.4 is 15.0 Å². The first-order valence-corrected chi connectivity index (χ1v) is 6.40. The average Bonchev–Trinajstić information content (AvgIpc) is 2.50. The van der Waals surface area contributed by atoms with Gasteiger partial charge in [-0.2, -0.15) is 0 Å². The predicted molar refractivity (Wildman–Crippen MR) is 80.3 cm³/mol. The van der Waals surface area contributed by atoms with Crippen molar-refractivity contribution >= 4 is 6.29 Å². The Labute approximate surface area is 122 Å². The normalized spacial score (nSPS) is 10.3. The number of hydrogen-bond donors (Lipinski definition) is 0. The van der Waals surface area contributed by atoms with E-state index in [1.165, 1.54) is 18.8 Å². The van der Waals surface area contributed by atoms with Crippen molar-refractivity contribution in [3.05, 3.63) is 45.9 Å². The van der Waals surface area contributed by atoms with Gasteiger partial charge in [0.1, 0.15) is 11.5 Å². The van der Waals surface area contributed by atoms with Gasteiger partial charge in [0.25, 0.3) is 5.56 Å². The van der Waals surface area contributed by atoms with E-state index in [0.29, 0.717) is 22.6 Å². The number of hydrogen-bond acceptors (Lipinski definition) is 4. The molecule has 1 aromatic heterocycles. The Bertz CT molecular complexity index is 720. The highest BCUT2D eigenvalue weighted by molar-refractivity contribution is 5.84. The standard InChI is InChI=1S/C16H17NO4/c1-10-5-11(8-17(2)16(10)19)13-7-14(20-3)12(9-18)6-15(13)21-4/h5-9H,1-4H3. The summed E-state index contributed by atoms with van der Waals surface area (Å²) >= 11 is 0. The van der Waals surface area contributed by atoms with Gasteiger partial charge in [-0.1, -0.05) is 0 Å². The van der Waals surface area contributed by atoms with Crippen LogP contribution in [0.4, 0.5) is 0 Å². The fourth-order valence-electron chi connectivity index (χ4n) is 2.26. The molecule has 0 aliphatic heterocycles. The second kappa shape index (κ2) is 5.83. The summed E-state index contributed by atoms with van der Waals surface area (Å²) in [4.78, 5) is 22.9. The second-order valence-corrected chi connectivity index (χ2v) is 4.74. The maximum atomic E-state index is 11.8. The molecule has 0 bridgehead atoms. The third kappa shape index (κ3) is 2.67. The Morgan fingerprint density at radius 1 is 1.10 bits per heavy atom. The molecule has 0 fully saturated rings. The first-order valence-electron chi connectivity index (χ1n) is 6.40. The van der Waals surface area contributed by atoms with E-state index in [1.54, 1.807) is 38.4 Å². The molecule has 0 N–H and O–H groups in total. The van der Waals surface area contributed by atoms with Gasteiger partial charge in [-0.3, -0.25) is 9.59 Å². The number of ether oxygens (including phenoxy) is 2. The van der Waals surface area contributed by atoms with Gasteiger partial charge in [0, 0.05) is 29.9 Å². The zero-order valence-electron chi connectivity index (χ0n) is 12.5. The average molecular weight is 287 g/mol. The number of methoxy groups -OCH3 is 2. The van der Waals surface area contributed by atoms with E-state index in [4.69, 9.17) is 9.47 Å². The van der Waals surface area contributed by atoms with Gasteiger partial charge in [0.15, 0.2) is 6.29 Å². The molecular weight excluding hydrogens is 270 g/mol. The van der Waals surface area contributed by atoms with Crippen molar-refractivity contribution in [2.75, 3.05) is 14.2 Å². The molecule has 0 aliphatic rings. The molecule has 0 saturated carbocycles. The molecular formula is C16H17NO4. The number of benzene rings is 1. The zero-order valence-corrected chi connectivity index (χ0v) is 12.5. The lowest BCUT2D eigenvalue weighted by Crippen LogP contribution is -2.18. The highest BCUT2D eigenvalue weighted by Crippen LogP contribution is 2.35. The van der Waals surface area contributed by atoms with E-state index in [1.807, 2.05) is 0 Å². The van der Waals surface area contributed by atoms with Crippen molar-refractivity contribution < 1.29 is 14.3 Å². The SMILES string of the molecule is COc1cc(-c2cc(C)c(=O)n(C)c2)c(OC)cc1C=O. The highest BCUT2D eigenvalue weighted by atomic mass is 16.5. The van der Waals surface area contributed by atoms with Crippen LogP contribution in [0.3, 0.4) is 0 Å². The van der Waals surface area contributed by atoms with E-state index in [-0.39, 0.29) is 5.56 Å². The number of carbonyl (C=O) groups excluding carboxylic acids is 1. The minimum absolute atomic E-state index is 0.0470. The summed E-state index contributed by atoms with van der Waals surface area (Å²) < 4.78 is 12.1. The number of aldehydes is 1. The first kappa shape index (κ1) is 14.8. The van der Waals surface area contributed by atoms with Gasteiger partial charge in [-0.25, -0.2) is 0 Å². The van der Waals surface area contributed by atoms with Crippen LogP contribution in [0.15, 0.2) is 29.2 Å². The number of pyridine rings is 1. The number of carbonyl (C=O) groups is 1. The quantitative estimate of drug-likeness (QED) is 0.809. The summed E-state index contributed by atoms with van der Waals surface area (Å²) in [6.07, 6.45) is 2.45. The van der Waals surface area contributed by atoms with Crippen LogP contribution >= 0.6 is 0 Å². The molecule has 0 amide bonds. The molecule has 2 aromatic rings. The van der Waals surface area contributed by atoms with Gasteiger partial charge in [-0.05, 0) is 25.1 Å². The van der Waals surface area contributed by atoms with Crippen LogP contribution in [0.5, 0.6) is 11.5 Å². The zero-order chi connectivity index (χ0) is 15.6. The van der Waals surface area contributed by atoms with E-state index in [2.05, 4.69) is 0 Å². The topological polar surface area (TPSA) is 57.5 Å². The lowest BCUT2D eigenvalue weighted by Gasteiger charge is -2.14. The molecule has 21 heavy (non-hydrogen) atoms. The van der Waals surface area contributed by atoms with Crippen LogP contribution in [0.25, 0.3) is 11.1 Å². The van der Waals surface area contributed by atoms with E-state index < -0.39 is 0 Å². The van der Waals surface area contributed by atoms with E-state index in [9.17, 15) is 9.59 Å². The van der Waals surface area contributed by atoms with Crippen molar-refractivity contribution in [1.82, 2.24) is 4.57 Å². The number of nitrogens with zero attached hydrogens (tertiary/aromatic N) is 1. The summed E-state index contributed by atoms with van der Waals surface area (Å²) in [6, 6.07) is 5.16. The largest absolute Gasteiger partial charge is 0.496 e. The third-order valence-corrected chi connectivity index (χ3v) is 3.35. The molecule has 0 saturated heterocycles. The van der Waals surface area contributed by atoms with Crippen molar-refractivity contribution in [1.29, 1.82) is 0 Å². The van der Waals surface area contributed by atoms with Crippen LogP contribution in [0.1, 0.15) is 15.9 Å². The van der Waals surface area contributed by atoms with Crippen molar-refractivity contribution in [2.45, 2.75) is 6.92 Å². The monoisotopic (exact) mass is 287 g/mol. The van der Waals surface area contributed by atoms with Crippen molar-refractivity contribution in [2.24, 2.45) is 7.05 Å². The molecule has 110 valence electrons. The lowest BCUT2D eigenvalue weighted by molar-refractivity contribution is 0.112. The Morgan fingerprint density at radius 2 is 1.76 bits per heavy atom. The van der Waals surface area contributed by atoms with Gasteiger partial charge >= 0.3 is 0 Å². The molecule has 0 radical (unpaired) electrons. The van der Waals surface area contributed by atoms with Gasteiger partial charge in [-0.15, -0.1) is 0 Å². The number of aromatic nitrogens is 1. The summed E-state index contributed by atoms with van der Waals surface area (Å²) in [5.74, 6) is 1.02. The molecule has 5 heteroatoms. The molecule has 0 atom stereocenters. The minimum atomic E-state index is -0.0470. The maximum Gasteiger partial charge on any atom is 0.253 e. The van der Waals surface area contributed by atoms with Crippen molar-refractivity contribution in [3.63, 3.8) is 0 Å². The fourth-order valence-corrected chi connectivity index (χ4v) is 2.26. The molecule has 1 heterocycles. The van der Waals surface area contributed by atoms with Gasteiger partial charge < -0.3 is 14.0 Å². The van der Waals surface area contributed by atoms with Gasteiger partial charge in [0.05, 0.1) is 19.8 Å². The molecule has 0 aliphatic carbocycles. The van der Waals surface area contributed by atoms with Crippen molar-refractivity contribution in [3.8, 4) is 22.6 Å². The second-order valence-electron chi connectivity index (χ2n) is 4.74. The Morgan fingerprint density at radius 3 is 2.29 bits per heavy atom. The molecule has 0 spiro atoms. The molecule has 1 aromatic carbocycles. The third-order valence-electron chi connectivity index (χ3n) is 3.35. The lowest BCUT2D eigenvalue weighted by atomic mass is 10.0. The summed E-state index contributed by atoms with van der Waals surface area (Å²) in [5.41, 5.74) is 2.59. The maximum absolute atomic E-state index is 11.8. The number of rotatable bonds is 4. The molecule has 5 nitrogen and oxygen atoms in total. The number of aryl methyl sites for hydroxylation is 2.